The van der Waals surface area contributed by atoms with Crippen molar-refractivity contribution in [1.29, 1.82) is 0 Å². The lowest BCUT2D eigenvalue weighted by Crippen LogP contribution is -2.36. The zero-order chi connectivity index (χ0) is 50.0. The van der Waals surface area contributed by atoms with Gasteiger partial charge < -0.3 is 52.9 Å². The Labute approximate surface area is 420 Å². The Morgan fingerprint density at radius 2 is 1.19 bits per heavy atom. The topological polar surface area (TPSA) is 130 Å². The molecule has 4 aliphatic rings. The number of allylic oxidation sites excluding steroid dienone is 2. The first-order valence-electron chi connectivity index (χ1n) is 24.3. The molecule has 376 valence electrons. The van der Waals surface area contributed by atoms with Crippen molar-refractivity contribution in [2.75, 3.05) is 113 Å². The highest BCUT2D eigenvalue weighted by Crippen LogP contribution is 2.41. The highest BCUT2D eigenvalue weighted by molar-refractivity contribution is 8.20. The highest BCUT2D eigenvalue weighted by atomic mass is 32.2. The summed E-state index contributed by atoms with van der Waals surface area (Å²) in [4.78, 5) is 47.7. The molecule has 1 unspecified atom stereocenters. The molecule has 0 saturated carbocycles. The zero-order valence-electron chi connectivity index (χ0n) is 42.9. The Hall–Kier alpha value is -5.33. The molecule has 0 aliphatic carbocycles. The van der Waals surface area contributed by atoms with Crippen molar-refractivity contribution >= 4 is 60.0 Å². The third-order valence-electron chi connectivity index (χ3n) is 13.3. The molecule has 70 heavy (non-hydrogen) atoms. The van der Waals surface area contributed by atoms with Gasteiger partial charge in [-0.05, 0) is 89.3 Å². The van der Waals surface area contributed by atoms with Crippen LogP contribution in [0, 0.1) is 0 Å². The average Bonchev–Trinajstić information content (AvgIpc) is 3.92. The molecule has 17 heteroatoms. The van der Waals surface area contributed by atoms with E-state index in [1.54, 1.807) is 38.5 Å². The second-order valence-corrected chi connectivity index (χ2v) is 20.7. The number of hydrogen-bond donors (Lipinski definition) is 0. The van der Waals surface area contributed by atoms with E-state index < -0.39 is 0 Å². The van der Waals surface area contributed by atoms with Gasteiger partial charge in [-0.15, -0.1) is 0 Å². The van der Waals surface area contributed by atoms with Crippen LogP contribution in [0.15, 0.2) is 75.7 Å². The number of ether oxygens (including phenoxy) is 6. The molecule has 2 amide bonds. The van der Waals surface area contributed by atoms with Gasteiger partial charge >= 0.3 is 0 Å². The number of fused-ring (bicyclic) bond motifs is 4. The second-order valence-electron chi connectivity index (χ2n) is 19.2. The lowest BCUT2D eigenvalue weighted by molar-refractivity contribution is 0.0426. The van der Waals surface area contributed by atoms with Crippen molar-refractivity contribution < 1.29 is 38.0 Å². The van der Waals surface area contributed by atoms with E-state index in [0.717, 1.165) is 55.8 Å². The Balaban J connectivity index is 1.11. The number of hydrogen-bond acceptors (Lipinski definition) is 14. The number of carbonyl (C=O) groups excluding carboxylic acids is 2. The Bertz CT molecular complexity index is 2330. The number of amides is 2. The Kier molecular flexibility index (Phi) is 18.1. The van der Waals surface area contributed by atoms with Crippen molar-refractivity contribution in [1.82, 2.24) is 19.6 Å². The molecule has 15 nitrogen and oxygen atoms in total. The molecule has 0 aromatic heterocycles. The summed E-state index contributed by atoms with van der Waals surface area (Å²) in [6.45, 7) is 16.3. The van der Waals surface area contributed by atoms with E-state index in [-0.39, 0.29) is 41.9 Å². The normalized spacial score (nSPS) is 18.6. The molecule has 7 rings (SSSR count). The molecule has 4 heterocycles. The molecule has 3 aromatic rings. The Morgan fingerprint density at radius 3 is 1.64 bits per heavy atom. The predicted octanol–water partition coefficient (Wildman–Crippen LogP) is 7.01. The standard InChI is InChI=1S/C53H72BN7O8S/c1-10-36-21-41-29-55-45-27-49(47(64-8)25-43(45)51(62)60(41)31-36)68-33-38-20-39(34-69-50-28-46-44(26-48(50)65-9)52(63)61-32-37(11-2)22-42(61)30-56-46)24-40(23-38)59(13-12-57(5)6)15-17-67-19-18-66-16-14-58(7)35-53(3,4)70-54/h10-11,20,23-30,41-42H,12-19,21-22,31-35,54H2,1-9H3/b36-10+,37-11+/t41-,42?/m0/s1. The maximum absolute atomic E-state index is 13.8. The van der Waals surface area contributed by atoms with Crippen LogP contribution < -0.4 is 23.8 Å². The molecule has 2 saturated heterocycles. The van der Waals surface area contributed by atoms with Gasteiger partial charge in [0.2, 0.25) is 0 Å². The maximum Gasteiger partial charge on any atom is 0.257 e. The Morgan fingerprint density at radius 1 is 0.686 bits per heavy atom. The van der Waals surface area contributed by atoms with Gasteiger partial charge in [0.15, 0.2) is 30.1 Å². The molecular formula is C53H72BN7O8S. The van der Waals surface area contributed by atoms with E-state index in [2.05, 4.69) is 87.2 Å². The van der Waals surface area contributed by atoms with Crippen LogP contribution in [0.1, 0.15) is 72.4 Å². The van der Waals surface area contributed by atoms with Crippen molar-refractivity contribution in [3.63, 3.8) is 0 Å². The van der Waals surface area contributed by atoms with Crippen LogP contribution in [-0.2, 0) is 22.7 Å². The van der Waals surface area contributed by atoms with Gasteiger partial charge in [0.05, 0.1) is 75.2 Å². The smallest absolute Gasteiger partial charge is 0.257 e. The minimum Gasteiger partial charge on any atom is -0.493 e. The fourth-order valence-corrected chi connectivity index (χ4v) is 9.50. The van der Waals surface area contributed by atoms with E-state index >= 15 is 0 Å². The minimum absolute atomic E-state index is 0.0761. The molecule has 4 aliphatic heterocycles. The highest BCUT2D eigenvalue weighted by Gasteiger charge is 2.36. The molecular weight excluding hydrogens is 906 g/mol. The van der Waals surface area contributed by atoms with Crippen LogP contribution in [0.4, 0.5) is 17.1 Å². The summed E-state index contributed by atoms with van der Waals surface area (Å²) in [5.41, 5.74) is 7.27. The molecule has 0 spiro atoms. The first-order chi connectivity index (χ1) is 33.7. The zero-order valence-corrected chi connectivity index (χ0v) is 43.7. The SMILES string of the molecule is BSC(C)(C)CN(C)CCOCCOCCN(CCN(C)C)c1cc(COc2cc3c(cc2OC)C(=O)N2C/C(=C/C)CC2C=N3)cc(COc2cc3c(cc2OC)C(=O)N2C/C(=C/C)C[C@H]2C=N3)c1. The van der Waals surface area contributed by atoms with Gasteiger partial charge in [-0.25, -0.2) is 11.6 Å². The van der Waals surface area contributed by atoms with Crippen molar-refractivity contribution in [2.45, 2.75) is 70.6 Å². The molecule has 2 fully saturated rings. The largest absolute Gasteiger partial charge is 0.493 e. The number of likely N-dealkylation sites (N-methyl/N-ethyl adjacent to an activating group) is 2. The number of carbonyl (C=O) groups is 2. The van der Waals surface area contributed by atoms with Gasteiger partial charge in [-0.3, -0.25) is 19.6 Å². The average molecular weight is 978 g/mol. The lowest BCUT2D eigenvalue weighted by Gasteiger charge is -2.29. The molecule has 3 aromatic carbocycles. The fourth-order valence-electron chi connectivity index (χ4n) is 9.15. The van der Waals surface area contributed by atoms with E-state index in [0.29, 0.717) is 91.6 Å². The molecule has 0 bridgehead atoms. The van der Waals surface area contributed by atoms with Gasteiger partial charge in [0.1, 0.15) is 13.2 Å². The van der Waals surface area contributed by atoms with E-state index in [1.807, 2.05) is 47.7 Å². The van der Waals surface area contributed by atoms with Gasteiger partial charge in [-0.1, -0.05) is 37.1 Å². The summed E-state index contributed by atoms with van der Waals surface area (Å²) < 4.78 is 37.1. The van der Waals surface area contributed by atoms with E-state index in [9.17, 15) is 9.59 Å². The number of anilines is 1. The number of methoxy groups -OCH3 is 2. The minimum atomic E-state index is -0.0933. The third kappa shape index (κ3) is 13.1. The lowest BCUT2D eigenvalue weighted by atomic mass is 10.1. The fraction of sp³-hybridized carbons (Fsp3) is 0.509. The van der Waals surface area contributed by atoms with Gasteiger partial charge in [0.25, 0.3) is 11.8 Å². The first-order valence-corrected chi connectivity index (χ1v) is 25.5. The van der Waals surface area contributed by atoms with Gasteiger partial charge in [0, 0.05) is 80.8 Å². The third-order valence-corrected chi connectivity index (χ3v) is 14.6. The van der Waals surface area contributed by atoms with Crippen LogP contribution in [-0.4, -0.2) is 175 Å². The van der Waals surface area contributed by atoms with Crippen molar-refractivity contribution in [3.05, 3.63) is 88.0 Å². The summed E-state index contributed by atoms with van der Waals surface area (Å²) in [7, 11) is 11.6. The summed E-state index contributed by atoms with van der Waals surface area (Å²) in [6.07, 6.45) is 9.43. The first kappa shape index (κ1) is 52.5. The number of rotatable bonds is 24. The molecule has 2 atom stereocenters. The van der Waals surface area contributed by atoms with Crippen LogP contribution in [0.25, 0.3) is 0 Å². The summed E-state index contributed by atoms with van der Waals surface area (Å²) in [5.74, 6) is 1.71. The van der Waals surface area contributed by atoms with Crippen LogP contribution >= 0.6 is 11.6 Å². The molecule has 0 N–H and O–H groups in total. The predicted molar refractivity (Wildman–Crippen MR) is 284 cm³/mol. The summed E-state index contributed by atoms with van der Waals surface area (Å²) in [6, 6.07) is 13.2. The van der Waals surface area contributed by atoms with Crippen LogP contribution in [0.5, 0.6) is 23.0 Å². The van der Waals surface area contributed by atoms with E-state index in [1.165, 1.54) is 11.1 Å². The van der Waals surface area contributed by atoms with Gasteiger partial charge in [-0.2, -0.15) is 0 Å². The quantitative estimate of drug-likeness (QED) is 0.0521. The monoisotopic (exact) mass is 978 g/mol. The summed E-state index contributed by atoms with van der Waals surface area (Å²) >= 11 is 1.87. The number of nitrogens with zero attached hydrogens (tertiary/aromatic N) is 7. The number of aliphatic imine (C=N–C) groups is 2. The van der Waals surface area contributed by atoms with Crippen molar-refractivity contribution in [2.24, 2.45) is 9.98 Å². The summed E-state index contributed by atoms with van der Waals surface area (Å²) in [5, 5.41) is 0. The van der Waals surface area contributed by atoms with E-state index in [4.69, 9.17) is 38.4 Å². The van der Waals surface area contributed by atoms with Crippen LogP contribution in [0.3, 0.4) is 0 Å². The second kappa shape index (κ2) is 24.2. The van der Waals surface area contributed by atoms with Crippen LogP contribution in [0.2, 0.25) is 0 Å². The number of benzene rings is 3. The van der Waals surface area contributed by atoms with Crippen molar-refractivity contribution in [3.8, 4) is 23.0 Å². The maximum atomic E-state index is 13.8. The molecule has 0 radical (unpaired) electrons.